The summed E-state index contributed by atoms with van der Waals surface area (Å²) in [4.78, 5) is 22.0. The van der Waals surface area contributed by atoms with Crippen molar-refractivity contribution in [3.63, 3.8) is 0 Å². The quantitative estimate of drug-likeness (QED) is 0.614. The highest BCUT2D eigenvalue weighted by Crippen LogP contribution is 2.23. The third-order valence-corrected chi connectivity index (χ3v) is 3.08. The van der Waals surface area contributed by atoms with E-state index in [1.54, 1.807) is 6.92 Å². The van der Waals surface area contributed by atoms with Gasteiger partial charge in [0.1, 0.15) is 5.78 Å². The molecule has 0 heterocycles. The fourth-order valence-corrected chi connectivity index (χ4v) is 2.04. The molecule has 0 aliphatic carbocycles. The second kappa shape index (κ2) is 8.93. The van der Waals surface area contributed by atoms with E-state index < -0.39 is 0 Å². The summed E-state index contributed by atoms with van der Waals surface area (Å²) in [6.45, 7) is 17.5. The monoisotopic (exact) mass is 312 g/mol. The minimum Gasteiger partial charge on any atom is -0.387 e. The number of ketones is 1. The molecule has 0 atom stereocenters. The molecule has 0 radical (unpaired) electrons. The molecule has 0 aromatic heterocycles. The van der Waals surface area contributed by atoms with Crippen LogP contribution in [0.2, 0.25) is 0 Å². The van der Waals surface area contributed by atoms with Crippen molar-refractivity contribution in [1.82, 2.24) is 10.6 Å². The normalized spacial score (nSPS) is 11.9. The van der Waals surface area contributed by atoms with Crippen LogP contribution in [0.1, 0.15) is 48.0 Å². The van der Waals surface area contributed by atoms with Gasteiger partial charge in [0, 0.05) is 31.0 Å². The highest BCUT2D eigenvalue weighted by molar-refractivity contribution is 5.76. The second-order valence-corrected chi connectivity index (χ2v) is 7.57. The Morgan fingerprint density at radius 2 is 1.55 bits per heavy atom. The molecule has 0 aromatic carbocycles. The summed E-state index contributed by atoms with van der Waals surface area (Å²) in [6.07, 6.45) is 0.527. The van der Waals surface area contributed by atoms with Crippen molar-refractivity contribution in [3.05, 3.63) is 12.3 Å². The van der Waals surface area contributed by atoms with E-state index in [4.69, 9.17) is 4.74 Å². The van der Waals surface area contributed by atoms with E-state index in [1.807, 2.05) is 13.8 Å². The van der Waals surface area contributed by atoms with Crippen LogP contribution in [0, 0.1) is 10.8 Å². The fourth-order valence-electron chi connectivity index (χ4n) is 2.04. The predicted molar refractivity (Wildman–Crippen MR) is 89.5 cm³/mol. The van der Waals surface area contributed by atoms with Gasteiger partial charge in [0.2, 0.25) is 5.91 Å². The zero-order chi connectivity index (χ0) is 17.4. The lowest BCUT2D eigenvalue weighted by molar-refractivity contribution is -0.120. The Labute approximate surface area is 134 Å². The van der Waals surface area contributed by atoms with Crippen molar-refractivity contribution in [2.75, 3.05) is 26.3 Å². The zero-order valence-electron chi connectivity index (χ0n) is 15.0. The molecule has 0 aromatic rings. The number of carbonyl (C=O) groups is 2. The molecular weight excluding hydrogens is 280 g/mol. The van der Waals surface area contributed by atoms with Crippen molar-refractivity contribution >= 4 is 11.7 Å². The number of nitrogens with one attached hydrogen (secondary N) is 2. The molecule has 0 aliphatic rings. The summed E-state index contributed by atoms with van der Waals surface area (Å²) in [5.41, 5.74) is 0.579. The van der Waals surface area contributed by atoms with Crippen LogP contribution in [-0.4, -0.2) is 38.0 Å². The van der Waals surface area contributed by atoms with Crippen LogP contribution in [-0.2, 0) is 14.3 Å². The fraction of sp³-hybridized carbons (Fsp3) is 0.765. The molecule has 2 N–H and O–H groups in total. The van der Waals surface area contributed by atoms with Gasteiger partial charge in [-0.15, -0.1) is 0 Å². The van der Waals surface area contributed by atoms with Gasteiger partial charge in [-0.25, -0.2) is 0 Å². The maximum atomic E-state index is 11.2. The molecule has 0 fully saturated rings. The molecule has 0 saturated heterocycles. The van der Waals surface area contributed by atoms with Gasteiger partial charge >= 0.3 is 0 Å². The Balaban J connectivity index is 4.06. The number of rotatable bonds is 11. The second-order valence-electron chi connectivity index (χ2n) is 7.57. The van der Waals surface area contributed by atoms with E-state index in [-0.39, 0.29) is 22.5 Å². The molecule has 1 amide bonds. The Morgan fingerprint density at radius 1 is 1.00 bits per heavy atom. The first kappa shape index (κ1) is 20.6. The third-order valence-electron chi connectivity index (χ3n) is 3.08. The highest BCUT2D eigenvalue weighted by Gasteiger charge is 2.23. The molecule has 22 heavy (non-hydrogen) atoms. The van der Waals surface area contributed by atoms with E-state index in [0.29, 0.717) is 32.7 Å². The first-order chi connectivity index (χ1) is 9.93. The molecule has 0 bridgehead atoms. The average Bonchev–Trinajstić information content (AvgIpc) is 2.31. The minimum atomic E-state index is -0.135. The van der Waals surface area contributed by atoms with Crippen LogP contribution >= 0.6 is 0 Å². The largest absolute Gasteiger partial charge is 0.387 e. The SMILES string of the molecule is C=C(CNC(C)=O)NCC(C)(C)COCC(C)(C)CC(C)=O. The average molecular weight is 312 g/mol. The summed E-state index contributed by atoms with van der Waals surface area (Å²) in [5, 5.41) is 5.91. The molecule has 5 heteroatoms. The predicted octanol–water partition coefficient (Wildman–Crippen LogP) is 2.27. The van der Waals surface area contributed by atoms with Crippen LogP contribution in [0.4, 0.5) is 0 Å². The molecule has 0 aliphatic heterocycles. The van der Waals surface area contributed by atoms with Gasteiger partial charge in [0.15, 0.2) is 0 Å². The summed E-state index contributed by atoms with van der Waals surface area (Å²) in [6, 6.07) is 0. The molecule has 0 saturated carbocycles. The number of amides is 1. The molecule has 0 rings (SSSR count). The smallest absolute Gasteiger partial charge is 0.217 e. The number of ether oxygens (including phenoxy) is 1. The van der Waals surface area contributed by atoms with Gasteiger partial charge in [-0.2, -0.15) is 0 Å². The Kier molecular flexibility index (Phi) is 8.38. The maximum absolute atomic E-state index is 11.2. The molecule has 5 nitrogen and oxygen atoms in total. The van der Waals surface area contributed by atoms with Gasteiger partial charge in [0.25, 0.3) is 0 Å². The van der Waals surface area contributed by atoms with Crippen molar-refractivity contribution in [1.29, 1.82) is 0 Å². The van der Waals surface area contributed by atoms with E-state index in [9.17, 15) is 9.59 Å². The maximum Gasteiger partial charge on any atom is 0.217 e. The van der Waals surface area contributed by atoms with E-state index in [2.05, 4.69) is 31.1 Å². The van der Waals surface area contributed by atoms with E-state index in [1.165, 1.54) is 6.92 Å². The van der Waals surface area contributed by atoms with Crippen LogP contribution in [0.15, 0.2) is 12.3 Å². The van der Waals surface area contributed by atoms with Crippen molar-refractivity contribution in [2.45, 2.75) is 48.0 Å². The van der Waals surface area contributed by atoms with Gasteiger partial charge in [-0.1, -0.05) is 34.3 Å². The minimum absolute atomic E-state index is 0.0640. The number of Topliss-reactive ketones (excluding diaryl/α,β-unsaturated/α-hetero) is 1. The lowest BCUT2D eigenvalue weighted by atomic mass is 9.88. The number of carbonyl (C=O) groups excluding carboxylic acids is 2. The Hall–Kier alpha value is -1.36. The third kappa shape index (κ3) is 11.3. The summed E-state index contributed by atoms with van der Waals surface area (Å²) in [5.74, 6) is 0.113. The van der Waals surface area contributed by atoms with Crippen LogP contribution in [0.25, 0.3) is 0 Å². The van der Waals surface area contributed by atoms with Crippen molar-refractivity contribution in [2.24, 2.45) is 10.8 Å². The van der Waals surface area contributed by atoms with E-state index >= 15 is 0 Å². The molecule has 128 valence electrons. The first-order valence-corrected chi connectivity index (χ1v) is 7.67. The summed E-state index contributed by atoms with van der Waals surface area (Å²) < 4.78 is 5.80. The first-order valence-electron chi connectivity index (χ1n) is 7.67. The molecule has 0 spiro atoms. The topological polar surface area (TPSA) is 67.4 Å². The van der Waals surface area contributed by atoms with Gasteiger partial charge in [0.05, 0.1) is 19.8 Å². The number of hydrogen-bond donors (Lipinski definition) is 2. The van der Waals surface area contributed by atoms with Crippen molar-refractivity contribution < 1.29 is 14.3 Å². The van der Waals surface area contributed by atoms with E-state index in [0.717, 1.165) is 5.70 Å². The lowest BCUT2D eigenvalue weighted by Crippen LogP contribution is -2.36. The zero-order valence-corrected chi connectivity index (χ0v) is 15.0. The standard InChI is InChI=1S/C17H32N2O3/c1-13(9-18-15(3)21)19-10-17(6,7)12-22-11-16(4,5)8-14(2)20/h19H,1,8-12H2,2-7H3,(H,18,21). The van der Waals surface area contributed by atoms with Crippen molar-refractivity contribution in [3.8, 4) is 0 Å². The van der Waals surface area contributed by atoms with Crippen LogP contribution in [0.5, 0.6) is 0 Å². The van der Waals surface area contributed by atoms with Gasteiger partial charge in [-0.05, 0) is 12.3 Å². The Morgan fingerprint density at radius 3 is 2.05 bits per heavy atom. The van der Waals surface area contributed by atoms with Gasteiger partial charge < -0.3 is 20.2 Å². The van der Waals surface area contributed by atoms with Gasteiger partial charge in [-0.3, -0.25) is 4.79 Å². The van der Waals surface area contributed by atoms with Crippen LogP contribution < -0.4 is 10.6 Å². The number of hydrogen-bond acceptors (Lipinski definition) is 4. The molecule has 0 unspecified atom stereocenters. The highest BCUT2D eigenvalue weighted by atomic mass is 16.5. The lowest BCUT2D eigenvalue weighted by Gasteiger charge is -2.29. The Bertz CT molecular complexity index is 401. The summed E-state index contributed by atoms with van der Waals surface area (Å²) in [7, 11) is 0. The van der Waals surface area contributed by atoms with Crippen LogP contribution in [0.3, 0.4) is 0 Å². The summed E-state index contributed by atoms with van der Waals surface area (Å²) >= 11 is 0. The molecular formula is C17H32N2O3.